The SMILES string of the molecule is CCNC(=O)c1sc(NC2CCCC2)c(C#N)c1N. The Bertz CT molecular complexity index is 511. The summed E-state index contributed by atoms with van der Waals surface area (Å²) < 4.78 is 0. The highest BCUT2D eigenvalue weighted by atomic mass is 32.1. The predicted octanol–water partition coefficient (Wildman–Crippen LogP) is 2.31. The van der Waals surface area contributed by atoms with Crippen molar-refractivity contribution in [3.05, 3.63) is 10.4 Å². The maximum absolute atomic E-state index is 11.9. The third-order valence-electron chi connectivity index (χ3n) is 3.29. The van der Waals surface area contributed by atoms with E-state index in [0.29, 0.717) is 28.7 Å². The van der Waals surface area contributed by atoms with E-state index in [1.165, 1.54) is 24.2 Å². The Morgan fingerprint density at radius 3 is 2.79 bits per heavy atom. The average molecular weight is 278 g/mol. The Morgan fingerprint density at radius 1 is 1.53 bits per heavy atom. The molecule has 1 aliphatic carbocycles. The highest BCUT2D eigenvalue weighted by Gasteiger charge is 2.23. The second kappa shape index (κ2) is 5.93. The van der Waals surface area contributed by atoms with E-state index >= 15 is 0 Å². The van der Waals surface area contributed by atoms with Crippen LogP contribution in [-0.4, -0.2) is 18.5 Å². The number of hydrogen-bond donors (Lipinski definition) is 3. The van der Waals surface area contributed by atoms with Crippen LogP contribution in [0.3, 0.4) is 0 Å². The van der Waals surface area contributed by atoms with E-state index in [9.17, 15) is 10.1 Å². The number of carbonyl (C=O) groups excluding carboxylic acids is 1. The van der Waals surface area contributed by atoms with Gasteiger partial charge in [-0.15, -0.1) is 11.3 Å². The third kappa shape index (κ3) is 2.82. The van der Waals surface area contributed by atoms with E-state index in [4.69, 9.17) is 5.73 Å². The van der Waals surface area contributed by atoms with Crippen LogP contribution in [0.15, 0.2) is 0 Å². The lowest BCUT2D eigenvalue weighted by Crippen LogP contribution is -2.22. The molecule has 0 radical (unpaired) electrons. The second-order valence-corrected chi connectivity index (χ2v) is 5.67. The Kier molecular flexibility index (Phi) is 4.27. The molecule has 1 amide bonds. The number of amides is 1. The summed E-state index contributed by atoms with van der Waals surface area (Å²) in [6, 6.07) is 2.49. The van der Waals surface area contributed by atoms with Crippen LogP contribution in [-0.2, 0) is 0 Å². The Hall–Kier alpha value is -1.74. The topological polar surface area (TPSA) is 90.9 Å². The van der Waals surface area contributed by atoms with Crippen molar-refractivity contribution >= 4 is 27.9 Å². The van der Waals surface area contributed by atoms with Gasteiger partial charge in [0.05, 0.1) is 5.69 Å². The van der Waals surface area contributed by atoms with Gasteiger partial charge in [0.15, 0.2) is 0 Å². The van der Waals surface area contributed by atoms with Crippen LogP contribution < -0.4 is 16.4 Å². The van der Waals surface area contributed by atoms with Gasteiger partial charge in [-0.2, -0.15) is 5.26 Å². The van der Waals surface area contributed by atoms with E-state index in [2.05, 4.69) is 16.7 Å². The van der Waals surface area contributed by atoms with Gasteiger partial charge in [0.2, 0.25) is 0 Å². The lowest BCUT2D eigenvalue weighted by Gasteiger charge is -2.11. The van der Waals surface area contributed by atoms with Crippen molar-refractivity contribution in [3.8, 4) is 6.07 Å². The summed E-state index contributed by atoms with van der Waals surface area (Å²) >= 11 is 1.27. The molecule has 0 aliphatic heterocycles. The van der Waals surface area contributed by atoms with Crippen LogP contribution >= 0.6 is 11.3 Å². The van der Waals surface area contributed by atoms with Gasteiger partial charge in [0.1, 0.15) is 21.5 Å². The summed E-state index contributed by atoms with van der Waals surface area (Å²) in [5, 5.41) is 16.0. The zero-order valence-electron chi connectivity index (χ0n) is 11.0. The maximum Gasteiger partial charge on any atom is 0.263 e. The van der Waals surface area contributed by atoms with Crippen LogP contribution in [0.4, 0.5) is 10.7 Å². The molecule has 1 saturated carbocycles. The van der Waals surface area contributed by atoms with Crippen molar-refractivity contribution in [1.29, 1.82) is 5.26 Å². The molecule has 2 rings (SSSR count). The molecule has 0 bridgehead atoms. The first kappa shape index (κ1) is 13.7. The average Bonchev–Trinajstić information content (AvgIpc) is 2.98. The van der Waals surface area contributed by atoms with Gasteiger partial charge in [0, 0.05) is 12.6 Å². The fourth-order valence-corrected chi connectivity index (χ4v) is 3.39. The van der Waals surface area contributed by atoms with E-state index in [1.54, 1.807) is 0 Å². The first-order valence-electron chi connectivity index (χ1n) is 6.54. The fourth-order valence-electron chi connectivity index (χ4n) is 2.32. The van der Waals surface area contributed by atoms with Gasteiger partial charge < -0.3 is 16.4 Å². The summed E-state index contributed by atoms with van der Waals surface area (Å²) in [5.74, 6) is -0.207. The number of thiophene rings is 1. The van der Waals surface area contributed by atoms with Gasteiger partial charge >= 0.3 is 0 Å². The molecule has 19 heavy (non-hydrogen) atoms. The molecule has 0 atom stereocenters. The zero-order chi connectivity index (χ0) is 13.8. The minimum Gasteiger partial charge on any atom is -0.396 e. The molecular weight excluding hydrogens is 260 g/mol. The summed E-state index contributed by atoms with van der Waals surface area (Å²) in [4.78, 5) is 12.3. The minimum absolute atomic E-state index is 0.207. The molecule has 0 saturated heterocycles. The van der Waals surface area contributed by atoms with Crippen LogP contribution in [0.25, 0.3) is 0 Å². The quantitative estimate of drug-likeness (QED) is 0.788. The van der Waals surface area contributed by atoms with Crippen LogP contribution in [0, 0.1) is 11.3 Å². The highest BCUT2D eigenvalue weighted by molar-refractivity contribution is 7.18. The van der Waals surface area contributed by atoms with Gasteiger partial charge in [-0.3, -0.25) is 4.79 Å². The molecule has 102 valence electrons. The van der Waals surface area contributed by atoms with Crippen molar-refractivity contribution in [1.82, 2.24) is 5.32 Å². The standard InChI is InChI=1S/C13H18N4OS/c1-2-16-12(18)11-10(15)9(7-14)13(19-11)17-8-5-3-4-6-8/h8,17H,2-6,15H2,1H3,(H,16,18). The maximum atomic E-state index is 11.9. The van der Waals surface area contributed by atoms with E-state index < -0.39 is 0 Å². The lowest BCUT2D eigenvalue weighted by atomic mass is 10.2. The summed E-state index contributed by atoms with van der Waals surface area (Å²) in [6.07, 6.45) is 4.64. The van der Waals surface area contributed by atoms with Crippen molar-refractivity contribution < 1.29 is 4.79 Å². The Morgan fingerprint density at radius 2 is 2.21 bits per heavy atom. The van der Waals surface area contributed by atoms with Crippen molar-refractivity contribution in [3.63, 3.8) is 0 Å². The van der Waals surface area contributed by atoms with Crippen molar-refractivity contribution in [2.75, 3.05) is 17.6 Å². The summed E-state index contributed by atoms with van der Waals surface area (Å²) in [6.45, 7) is 2.40. The molecule has 1 aromatic heterocycles. The van der Waals surface area contributed by atoms with E-state index in [0.717, 1.165) is 17.8 Å². The van der Waals surface area contributed by atoms with E-state index in [1.807, 2.05) is 6.92 Å². The molecule has 0 aromatic carbocycles. The number of hydrogen-bond acceptors (Lipinski definition) is 5. The molecule has 6 heteroatoms. The van der Waals surface area contributed by atoms with E-state index in [-0.39, 0.29) is 5.91 Å². The summed E-state index contributed by atoms with van der Waals surface area (Å²) in [5.41, 5.74) is 6.60. The van der Waals surface area contributed by atoms with Gasteiger partial charge in [-0.05, 0) is 19.8 Å². The van der Waals surface area contributed by atoms with Crippen molar-refractivity contribution in [2.45, 2.75) is 38.6 Å². The van der Waals surface area contributed by atoms with Gasteiger partial charge in [-0.25, -0.2) is 0 Å². The van der Waals surface area contributed by atoms with Crippen molar-refractivity contribution in [2.24, 2.45) is 0 Å². The molecule has 1 fully saturated rings. The first-order chi connectivity index (χ1) is 9.17. The number of rotatable bonds is 4. The summed E-state index contributed by atoms with van der Waals surface area (Å²) in [7, 11) is 0. The van der Waals surface area contributed by atoms with Crippen LogP contribution in [0.2, 0.25) is 0 Å². The largest absolute Gasteiger partial charge is 0.396 e. The monoisotopic (exact) mass is 278 g/mol. The smallest absolute Gasteiger partial charge is 0.263 e. The number of nitriles is 1. The lowest BCUT2D eigenvalue weighted by molar-refractivity contribution is 0.0960. The minimum atomic E-state index is -0.207. The second-order valence-electron chi connectivity index (χ2n) is 4.65. The number of anilines is 2. The molecule has 0 unspecified atom stereocenters. The number of nitrogens with one attached hydrogen (secondary N) is 2. The Labute approximate surface area is 116 Å². The molecule has 1 aromatic rings. The fraction of sp³-hybridized carbons (Fsp3) is 0.538. The number of carbonyl (C=O) groups is 1. The predicted molar refractivity (Wildman–Crippen MR) is 77.3 cm³/mol. The van der Waals surface area contributed by atoms with Gasteiger partial charge in [-0.1, -0.05) is 12.8 Å². The third-order valence-corrected chi connectivity index (χ3v) is 4.43. The molecule has 1 aliphatic rings. The normalized spacial score (nSPS) is 15.2. The molecular formula is C13H18N4OS. The molecule has 1 heterocycles. The molecule has 4 N–H and O–H groups in total. The number of nitrogen functional groups attached to an aromatic ring is 1. The van der Waals surface area contributed by atoms with Crippen LogP contribution in [0.1, 0.15) is 47.8 Å². The zero-order valence-corrected chi connectivity index (χ0v) is 11.8. The number of nitrogens with zero attached hydrogens (tertiary/aromatic N) is 1. The van der Waals surface area contributed by atoms with Crippen LogP contribution in [0.5, 0.6) is 0 Å². The van der Waals surface area contributed by atoms with Gasteiger partial charge in [0.25, 0.3) is 5.91 Å². The Balaban J connectivity index is 2.25. The molecule has 5 nitrogen and oxygen atoms in total. The first-order valence-corrected chi connectivity index (χ1v) is 7.36. The number of nitrogens with two attached hydrogens (primary N) is 1. The molecule has 0 spiro atoms. The highest BCUT2D eigenvalue weighted by Crippen LogP contribution is 2.37.